The highest BCUT2D eigenvalue weighted by Crippen LogP contribution is 2.29. The number of carbonyl (C=O) groups is 1. The van der Waals surface area contributed by atoms with Crippen molar-refractivity contribution >= 4 is 22.6 Å². The van der Waals surface area contributed by atoms with Gasteiger partial charge in [-0.15, -0.1) is 0 Å². The molecule has 0 fully saturated rings. The zero-order valence-corrected chi connectivity index (χ0v) is 19.3. The van der Waals surface area contributed by atoms with Crippen LogP contribution < -0.4 is 5.56 Å². The standard InChI is InChI=1S/C27H23FN4O4/c28-19-6-8-20(9-7-19)32-25(3-1-2-4-26(33)34)30-23-15-18(5-10-21(23)27(32)35)22-16-24(36-31-22)17-11-13-29-14-12-17/h5-15,24H,1-4,16H2,(H,33,34). The number of carboxylic acids is 1. The van der Waals surface area contributed by atoms with E-state index in [0.717, 1.165) is 16.8 Å². The molecule has 1 aliphatic heterocycles. The van der Waals surface area contributed by atoms with Gasteiger partial charge in [-0.2, -0.15) is 0 Å². The summed E-state index contributed by atoms with van der Waals surface area (Å²) >= 11 is 0. The predicted octanol–water partition coefficient (Wildman–Crippen LogP) is 4.58. The van der Waals surface area contributed by atoms with Crippen molar-refractivity contribution in [1.29, 1.82) is 0 Å². The Balaban J connectivity index is 1.50. The number of fused-ring (bicyclic) bond motifs is 1. The average Bonchev–Trinajstić information content (AvgIpc) is 3.38. The van der Waals surface area contributed by atoms with E-state index in [1.807, 2.05) is 24.3 Å². The zero-order chi connectivity index (χ0) is 25.1. The van der Waals surface area contributed by atoms with Crippen LogP contribution in [-0.2, 0) is 16.1 Å². The van der Waals surface area contributed by atoms with Gasteiger partial charge in [0.15, 0.2) is 6.10 Å². The van der Waals surface area contributed by atoms with Gasteiger partial charge in [-0.05, 0) is 66.9 Å². The lowest BCUT2D eigenvalue weighted by Gasteiger charge is -2.14. The van der Waals surface area contributed by atoms with Gasteiger partial charge >= 0.3 is 5.97 Å². The van der Waals surface area contributed by atoms with Gasteiger partial charge in [0.2, 0.25) is 0 Å². The molecule has 1 atom stereocenters. The number of nitrogens with zero attached hydrogens (tertiary/aromatic N) is 4. The molecule has 2 aromatic carbocycles. The molecular formula is C27H23FN4O4. The molecule has 9 heteroatoms. The van der Waals surface area contributed by atoms with Crippen LogP contribution in [0.2, 0.25) is 0 Å². The lowest BCUT2D eigenvalue weighted by atomic mass is 10.00. The van der Waals surface area contributed by atoms with Crippen molar-refractivity contribution < 1.29 is 19.1 Å². The number of rotatable bonds is 8. The molecule has 4 aromatic rings. The van der Waals surface area contributed by atoms with Gasteiger partial charge in [0.05, 0.1) is 22.3 Å². The zero-order valence-electron chi connectivity index (χ0n) is 19.3. The maximum Gasteiger partial charge on any atom is 0.303 e. The fraction of sp³-hybridized carbons (Fsp3) is 0.222. The smallest absolute Gasteiger partial charge is 0.303 e. The first-order valence-corrected chi connectivity index (χ1v) is 11.7. The van der Waals surface area contributed by atoms with E-state index in [1.54, 1.807) is 18.5 Å². The molecule has 8 nitrogen and oxygen atoms in total. The third-order valence-corrected chi connectivity index (χ3v) is 6.14. The third kappa shape index (κ3) is 4.86. The van der Waals surface area contributed by atoms with Crippen molar-refractivity contribution in [1.82, 2.24) is 14.5 Å². The molecule has 3 heterocycles. The van der Waals surface area contributed by atoms with Crippen LogP contribution in [-0.4, -0.2) is 31.3 Å². The largest absolute Gasteiger partial charge is 0.481 e. The molecule has 0 saturated carbocycles. The van der Waals surface area contributed by atoms with Crippen LogP contribution in [0.3, 0.4) is 0 Å². The monoisotopic (exact) mass is 486 g/mol. The number of hydrogen-bond donors (Lipinski definition) is 1. The third-order valence-electron chi connectivity index (χ3n) is 6.14. The van der Waals surface area contributed by atoms with E-state index in [-0.39, 0.29) is 18.1 Å². The molecule has 0 saturated heterocycles. The summed E-state index contributed by atoms with van der Waals surface area (Å²) in [6.45, 7) is 0. The van der Waals surface area contributed by atoms with E-state index in [9.17, 15) is 14.0 Å². The number of benzene rings is 2. The number of oxime groups is 1. The fourth-order valence-corrected chi connectivity index (χ4v) is 4.30. The Morgan fingerprint density at radius 2 is 1.86 bits per heavy atom. The number of unbranched alkanes of at least 4 members (excludes halogenated alkanes) is 1. The van der Waals surface area contributed by atoms with Crippen molar-refractivity contribution in [3.05, 3.63) is 100 Å². The van der Waals surface area contributed by atoms with E-state index >= 15 is 0 Å². The van der Waals surface area contributed by atoms with E-state index in [1.165, 1.54) is 28.8 Å². The quantitative estimate of drug-likeness (QED) is 0.365. The molecule has 36 heavy (non-hydrogen) atoms. The molecule has 1 N–H and O–H groups in total. The van der Waals surface area contributed by atoms with E-state index in [2.05, 4.69) is 10.1 Å². The first-order chi connectivity index (χ1) is 17.5. The van der Waals surface area contributed by atoms with Crippen molar-refractivity contribution in [3.8, 4) is 5.69 Å². The van der Waals surface area contributed by atoms with Crippen LogP contribution in [0.25, 0.3) is 16.6 Å². The molecule has 0 aliphatic carbocycles. The highest BCUT2D eigenvalue weighted by Gasteiger charge is 2.24. The van der Waals surface area contributed by atoms with Crippen LogP contribution in [0.5, 0.6) is 0 Å². The Labute approximate surface area is 205 Å². The Morgan fingerprint density at radius 1 is 1.08 bits per heavy atom. The summed E-state index contributed by atoms with van der Waals surface area (Å²) in [6.07, 6.45) is 5.22. The van der Waals surface area contributed by atoms with E-state index < -0.39 is 11.8 Å². The number of pyridine rings is 1. The van der Waals surface area contributed by atoms with Gasteiger partial charge in [-0.3, -0.25) is 19.1 Å². The number of halogens is 1. The maximum absolute atomic E-state index is 13.5. The summed E-state index contributed by atoms with van der Waals surface area (Å²) in [7, 11) is 0. The molecular weight excluding hydrogens is 463 g/mol. The van der Waals surface area contributed by atoms with E-state index in [0.29, 0.717) is 48.1 Å². The maximum atomic E-state index is 13.5. The minimum Gasteiger partial charge on any atom is -0.481 e. The molecule has 0 radical (unpaired) electrons. The lowest BCUT2D eigenvalue weighted by Crippen LogP contribution is -2.24. The molecule has 0 amide bonds. The number of carboxylic acid groups (broad SMARTS) is 1. The Morgan fingerprint density at radius 3 is 2.61 bits per heavy atom. The van der Waals surface area contributed by atoms with Gasteiger partial charge < -0.3 is 9.94 Å². The topological polar surface area (TPSA) is 107 Å². The Bertz CT molecular complexity index is 1500. The van der Waals surface area contributed by atoms with Gasteiger partial charge in [0, 0.05) is 37.2 Å². The first-order valence-electron chi connectivity index (χ1n) is 11.7. The minimum atomic E-state index is -0.869. The van der Waals surface area contributed by atoms with Crippen molar-refractivity contribution in [3.63, 3.8) is 0 Å². The molecule has 1 unspecified atom stereocenters. The first kappa shape index (κ1) is 23.3. The summed E-state index contributed by atoms with van der Waals surface area (Å²) in [6, 6.07) is 14.8. The normalized spacial score (nSPS) is 15.0. The summed E-state index contributed by atoms with van der Waals surface area (Å²) < 4.78 is 15.0. The second kappa shape index (κ2) is 10.1. The molecule has 182 valence electrons. The van der Waals surface area contributed by atoms with Crippen molar-refractivity contribution in [2.24, 2.45) is 5.16 Å². The van der Waals surface area contributed by atoms with Gasteiger partial charge in [0.25, 0.3) is 5.56 Å². The van der Waals surface area contributed by atoms with Gasteiger partial charge in [0.1, 0.15) is 11.6 Å². The van der Waals surface area contributed by atoms with Crippen LogP contribution in [0.15, 0.2) is 76.9 Å². The van der Waals surface area contributed by atoms with Crippen LogP contribution in [0.1, 0.15) is 48.7 Å². The second-order valence-corrected chi connectivity index (χ2v) is 8.59. The summed E-state index contributed by atoms with van der Waals surface area (Å²) in [5.74, 6) is -0.787. The predicted molar refractivity (Wildman–Crippen MR) is 132 cm³/mol. The SMILES string of the molecule is O=C(O)CCCCc1nc2cc(C3=NOC(c4ccncc4)C3)ccc2c(=O)n1-c1ccc(F)cc1. The van der Waals surface area contributed by atoms with Crippen LogP contribution >= 0.6 is 0 Å². The highest BCUT2D eigenvalue weighted by atomic mass is 19.1. The summed E-state index contributed by atoms with van der Waals surface area (Å²) in [5.41, 5.74) is 3.29. The van der Waals surface area contributed by atoms with E-state index in [4.69, 9.17) is 14.9 Å². The molecule has 1 aliphatic rings. The molecule has 0 spiro atoms. The average molecular weight is 487 g/mol. The summed E-state index contributed by atoms with van der Waals surface area (Å²) in [4.78, 5) is 38.9. The Kier molecular flexibility index (Phi) is 6.53. The summed E-state index contributed by atoms with van der Waals surface area (Å²) in [5, 5.41) is 13.6. The number of aryl methyl sites for hydroxylation is 1. The molecule has 0 bridgehead atoms. The van der Waals surface area contributed by atoms with Crippen molar-refractivity contribution in [2.75, 3.05) is 0 Å². The fourth-order valence-electron chi connectivity index (χ4n) is 4.30. The minimum absolute atomic E-state index is 0.0387. The number of aromatic nitrogens is 3. The van der Waals surface area contributed by atoms with Crippen LogP contribution in [0, 0.1) is 5.82 Å². The molecule has 5 rings (SSSR count). The number of aliphatic carboxylic acids is 1. The Hall–Kier alpha value is -4.40. The molecule has 2 aromatic heterocycles. The van der Waals surface area contributed by atoms with Gasteiger partial charge in [-0.1, -0.05) is 11.2 Å². The van der Waals surface area contributed by atoms with Crippen LogP contribution in [0.4, 0.5) is 4.39 Å². The number of hydrogen-bond acceptors (Lipinski definition) is 6. The second-order valence-electron chi connectivity index (χ2n) is 8.59. The van der Waals surface area contributed by atoms with Gasteiger partial charge in [-0.25, -0.2) is 9.37 Å². The highest BCUT2D eigenvalue weighted by molar-refractivity contribution is 6.03. The lowest BCUT2D eigenvalue weighted by molar-refractivity contribution is -0.137. The van der Waals surface area contributed by atoms with Crippen molar-refractivity contribution in [2.45, 2.75) is 38.2 Å².